The lowest BCUT2D eigenvalue weighted by Gasteiger charge is -2.30. The van der Waals surface area contributed by atoms with Crippen LogP contribution in [0.25, 0.3) is 0 Å². The summed E-state index contributed by atoms with van der Waals surface area (Å²) in [4.78, 5) is 23.4. The van der Waals surface area contributed by atoms with Crippen LogP contribution in [0, 0.1) is 13.8 Å². The van der Waals surface area contributed by atoms with Crippen molar-refractivity contribution in [3.8, 4) is 0 Å². The van der Waals surface area contributed by atoms with E-state index in [1.54, 1.807) is 17.0 Å². The van der Waals surface area contributed by atoms with Gasteiger partial charge in [-0.1, -0.05) is 6.07 Å². The van der Waals surface area contributed by atoms with E-state index < -0.39 is 22.2 Å². The number of rotatable bonds is 6. The van der Waals surface area contributed by atoms with Crippen molar-refractivity contribution >= 4 is 21.9 Å². The number of carbonyl (C=O) groups excluding carboxylic acids is 1. The highest BCUT2D eigenvalue weighted by atomic mass is 32.2. The standard InChI is InChI=1S/C18H29N3O3S.C2HF3O2/c1-14(2)21(10-7-18(22)20-11-8-19-9-12-20)25(23,24)17-6-5-15(3)16(4)13-17;3-2(4,5)1(6)7/h5-6,13-14,19H,7-12H2,1-4H3;(H,6,7). The largest absolute Gasteiger partial charge is 0.490 e. The number of benzene rings is 1. The number of carboxylic acids is 1. The Labute approximate surface area is 186 Å². The molecule has 1 aromatic carbocycles. The molecule has 0 aliphatic carbocycles. The molecule has 182 valence electrons. The minimum Gasteiger partial charge on any atom is -0.475 e. The summed E-state index contributed by atoms with van der Waals surface area (Å²) in [5.74, 6) is -2.74. The Balaban J connectivity index is 0.000000633. The molecule has 1 amide bonds. The fourth-order valence-corrected chi connectivity index (χ4v) is 4.67. The topological polar surface area (TPSA) is 107 Å². The summed E-state index contributed by atoms with van der Waals surface area (Å²) < 4.78 is 59.2. The molecule has 1 fully saturated rings. The number of nitrogens with zero attached hydrogens (tertiary/aromatic N) is 2. The molecule has 1 aliphatic rings. The first kappa shape index (κ1) is 27.9. The first-order valence-corrected chi connectivity index (χ1v) is 11.5. The van der Waals surface area contributed by atoms with Crippen LogP contribution in [0.3, 0.4) is 0 Å². The van der Waals surface area contributed by atoms with Gasteiger partial charge in [-0.05, 0) is 51.0 Å². The number of halogens is 3. The smallest absolute Gasteiger partial charge is 0.475 e. The van der Waals surface area contributed by atoms with Gasteiger partial charge in [-0.3, -0.25) is 4.79 Å². The lowest BCUT2D eigenvalue weighted by atomic mass is 10.1. The Morgan fingerprint density at radius 2 is 1.69 bits per heavy atom. The van der Waals surface area contributed by atoms with Gasteiger partial charge < -0.3 is 15.3 Å². The molecule has 12 heteroatoms. The number of alkyl halides is 3. The first-order chi connectivity index (χ1) is 14.7. The SMILES string of the molecule is Cc1ccc(S(=O)(=O)N(CCC(=O)N2CCNCC2)C(C)C)cc1C.O=C(O)C(F)(F)F. The van der Waals surface area contributed by atoms with Crippen LogP contribution in [-0.2, 0) is 19.6 Å². The lowest BCUT2D eigenvalue weighted by Crippen LogP contribution is -2.47. The van der Waals surface area contributed by atoms with Gasteiger partial charge in [0, 0.05) is 45.2 Å². The van der Waals surface area contributed by atoms with Gasteiger partial charge in [-0.25, -0.2) is 13.2 Å². The molecule has 1 aliphatic heterocycles. The minimum atomic E-state index is -5.08. The van der Waals surface area contributed by atoms with Crippen molar-refractivity contribution < 1.29 is 36.3 Å². The highest BCUT2D eigenvalue weighted by molar-refractivity contribution is 7.89. The van der Waals surface area contributed by atoms with Crippen LogP contribution >= 0.6 is 0 Å². The number of carboxylic acid groups (broad SMARTS) is 1. The molecule has 0 unspecified atom stereocenters. The maximum absolute atomic E-state index is 13.0. The number of piperazine rings is 1. The van der Waals surface area contributed by atoms with Crippen molar-refractivity contribution in [2.75, 3.05) is 32.7 Å². The summed E-state index contributed by atoms with van der Waals surface area (Å²) in [5.41, 5.74) is 2.01. The van der Waals surface area contributed by atoms with E-state index in [2.05, 4.69) is 5.32 Å². The third-order valence-electron chi connectivity index (χ3n) is 4.92. The van der Waals surface area contributed by atoms with Gasteiger partial charge in [0.25, 0.3) is 0 Å². The van der Waals surface area contributed by atoms with E-state index in [0.717, 1.165) is 24.2 Å². The van der Waals surface area contributed by atoms with Crippen LogP contribution in [0.5, 0.6) is 0 Å². The average molecular weight is 482 g/mol. The molecule has 1 saturated heterocycles. The van der Waals surface area contributed by atoms with Crippen LogP contribution in [0.2, 0.25) is 0 Å². The number of sulfonamides is 1. The number of nitrogens with one attached hydrogen (secondary N) is 1. The highest BCUT2D eigenvalue weighted by Crippen LogP contribution is 2.21. The molecule has 0 aromatic heterocycles. The molecule has 0 radical (unpaired) electrons. The Morgan fingerprint density at radius 1 is 1.16 bits per heavy atom. The maximum atomic E-state index is 13.0. The van der Waals surface area contributed by atoms with Gasteiger partial charge in [-0.15, -0.1) is 0 Å². The molecule has 0 bridgehead atoms. The molecule has 32 heavy (non-hydrogen) atoms. The molecule has 0 saturated carbocycles. The normalized spacial score (nSPS) is 14.8. The van der Waals surface area contributed by atoms with Crippen LogP contribution in [0.4, 0.5) is 13.2 Å². The zero-order valence-electron chi connectivity index (χ0n) is 18.6. The van der Waals surface area contributed by atoms with Gasteiger partial charge in [-0.2, -0.15) is 17.5 Å². The third kappa shape index (κ3) is 8.06. The summed E-state index contributed by atoms with van der Waals surface area (Å²) in [5, 5.41) is 10.3. The second-order valence-corrected chi connectivity index (χ2v) is 9.53. The fourth-order valence-electron chi connectivity index (χ4n) is 2.94. The number of carbonyl (C=O) groups is 2. The highest BCUT2D eigenvalue weighted by Gasteiger charge is 2.38. The minimum absolute atomic E-state index is 0.0161. The summed E-state index contributed by atoms with van der Waals surface area (Å²) in [6, 6.07) is 4.97. The van der Waals surface area contributed by atoms with Crippen LogP contribution in [0.15, 0.2) is 23.1 Å². The van der Waals surface area contributed by atoms with Crippen molar-refractivity contribution in [1.82, 2.24) is 14.5 Å². The molecule has 2 rings (SSSR count). The van der Waals surface area contributed by atoms with E-state index in [1.807, 2.05) is 33.8 Å². The second kappa shape index (κ2) is 11.6. The third-order valence-corrected chi connectivity index (χ3v) is 6.99. The number of amides is 1. The van der Waals surface area contributed by atoms with E-state index >= 15 is 0 Å². The van der Waals surface area contributed by atoms with Crippen molar-refractivity contribution in [2.24, 2.45) is 0 Å². The van der Waals surface area contributed by atoms with E-state index in [0.29, 0.717) is 18.0 Å². The average Bonchev–Trinajstić information content (AvgIpc) is 2.70. The molecule has 1 heterocycles. The van der Waals surface area contributed by atoms with Gasteiger partial charge in [0.15, 0.2) is 0 Å². The molecular weight excluding hydrogens is 451 g/mol. The summed E-state index contributed by atoms with van der Waals surface area (Å²) in [6.45, 7) is 10.7. The predicted octanol–water partition coefficient (Wildman–Crippen LogP) is 2.16. The molecule has 0 atom stereocenters. The molecule has 0 spiro atoms. The first-order valence-electron chi connectivity index (χ1n) is 10.1. The maximum Gasteiger partial charge on any atom is 0.490 e. The monoisotopic (exact) mass is 481 g/mol. The van der Waals surface area contributed by atoms with Crippen molar-refractivity contribution in [3.05, 3.63) is 29.3 Å². The van der Waals surface area contributed by atoms with Gasteiger partial charge in [0.05, 0.1) is 4.90 Å². The number of aryl methyl sites for hydroxylation is 2. The Hall–Kier alpha value is -2.18. The molecule has 8 nitrogen and oxygen atoms in total. The quantitative estimate of drug-likeness (QED) is 0.645. The lowest BCUT2D eigenvalue weighted by molar-refractivity contribution is -0.192. The zero-order chi connectivity index (χ0) is 24.7. The fraction of sp³-hybridized carbons (Fsp3) is 0.600. The molecule has 1 aromatic rings. The Bertz CT molecular complexity index is 898. The van der Waals surface area contributed by atoms with Crippen LogP contribution in [-0.4, -0.2) is 79.5 Å². The second-order valence-electron chi connectivity index (χ2n) is 7.64. The Kier molecular flexibility index (Phi) is 10.1. The van der Waals surface area contributed by atoms with E-state index in [1.165, 1.54) is 4.31 Å². The van der Waals surface area contributed by atoms with Crippen molar-refractivity contribution in [1.29, 1.82) is 0 Å². The summed E-state index contributed by atoms with van der Waals surface area (Å²) in [6.07, 6.45) is -4.87. The number of hydrogen-bond donors (Lipinski definition) is 2. The van der Waals surface area contributed by atoms with E-state index in [4.69, 9.17) is 9.90 Å². The van der Waals surface area contributed by atoms with Gasteiger partial charge in [0.1, 0.15) is 0 Å². The Morgan fingerprint density at radius 3 is 2.12 bits per heavy atom. The van der Waals surface area contributed by atoms with E-state index in [9.17, 15) is 26.4 Å². The van der Waals surface area contributed by atoms with Crippen LogP contribution < -0.4 is 5.32 Å². The van der Waals surface area contributed by atoms with E-state index in [-0.39, 0.29) is 24.9 Å². The molecule has 2 N–H and O–H groups in total. The summed E-state index contributed by atoms with van der Waals surface area (Å²) >= 11 is 0. The molecular formula is C20H30F3N3O5S. The zero-order valence-corrected chi connectivity index (χ0v) is 19.4. The van der Waals surface area contributed by atoms with Crippen molar-refractivity contribution in [3.63, 3.8) is 0 Å². The summed E-state index contributed by atoms with van der Waals surface area (Å²) in [7, 11) is -3.62. The van der Waals surface area contributed by atoms with Gasteiger partial charge >= 0.3 is 12.1 Å². The van der Waals surface area contributed by atoms with Crippen LogP contribution in [0.1, 0.15) is 31.4 Å². The van der Waals surface area contributed by atoms with Crippen molar-refractivity contribution in [2.45, 2.75) is 51.2 Å². The van der Waals surface area contributed by atoms with Gasteiger partial charge in [0.2, 0.25) is 15.9 Å². The number of aliphatic carboxylic acids is 1. The number of hydrogen-bond acceptors (Lipinski definition) is 5. The predicted molar refractivity (Wildman–Crippen MR) is 113 cm³/mol.